The van der Waals surface area contributed by atoms with E-state index in [1.807, 2.05) is 6.07 Å². The monoisotopic (exact) mass is 507 g/mol. The van der Waals surface area contributed by atoms with Crippen molar-refractivity contribution in [2.45, 2.75) is 12.5 Å². The summed E-state index contributed by atoms with van der Waals surface area (Å²) in [6, 6.07) is 11.7. The number of nitrogens with zero attached hydrogens (tertiary/aromatic N) is 5. The highest BCUT2D eigenvalue weighted by atomic mass is 35.5. The molecule has 1 N–H and O–H groups in total. The van der Waals surface area contributed by atoms with Gasteiger partial charge in [-0.25, -0.2) is 14.2 Å². The molecule has 0 bridgehead atoms. The molecule has 1 fully saturated rings. The molecular formula is C27H27ClFN5O2. The molecule has 0 aliphatic carbocycles. The first-order chi connectivity index (χ1) is 17.2. The normalized spacial score (nSPS) is 15.7. The molecule has 0 radical (unpaired) electrons. The second-order valence-corrected chi connectivity index (χ2v) is 9.74. The first-order valence-electron chi connectivity index (χ1n) is 11.7. The van der Waals surface area contributed by atoms with Crippen molar-refractivity contribution in [3.05, 3.63) is 82.4 Å². The van der Waals surface area contributed by atoms with E-state index in [4.69, 9.17) is 11.6 Å². The average Bonchev–Trinajstić information content (AvgIpc) is 3.48. The fourth-order valence-electron chi connectivity index (χ4n) is 4.69. The number of aryl methyl sites for hydroxylation is 1. The topological polar surface area (TPSA) is 66.5 Å². The van der Waals surface area contributed by atoms with Crippen LogP contribution in [0.2, 0.25) is 5.02 Å². The third-order valence-corrected chi connectivity index (χ3v) is 7.12. The molecule has 0 unspecified atom stereocenters. The minimum Gasteiger partial charge on any atom is -0.507 e. The van der Waals surface area contributed by atoms with Crippen LogP contribution in [-0.4, -0.2) is 57.4 Å². The van der Waals surface area contributed by atoms with E-state index in [2.05, 4.69) is 28.9 Å². The third-order valence-electron chi connectivity index (χ3n) is 6.81. The van der Waals surface area contributed by atoms with E-state index in [0.717, 1.165) is 25.3 Å². The maximum Gasteiger partial charge on any atom is 0.332 e. The van der Waals surface area contributed by atoms with Crippen molar-refractivity contribution in [2.75, 3.05) is 32.1 Å². The van der Waals surface area contributed by atoms with Gasteiger partial charge in [0.1, 0.15) is 17.4 Å². The zero-order chi connectivity index (χ0) is 25.6. The lowest BCUT2D eigenvalue weighted by Gasteiger charge is -2.21. The summed E-state index contributed by atoms with van der Waals surface area (Å²) in [6.45, 7) is 1.74. The number of aromatic nitrogens is 3. The molecular weight excluding hydrogens is 481 g/mol. The Morgan fingerprint density at radius 2 is 1.81 bits per heavy atom. The van der Waals surface area contributed by atoms with E-state index in [1.165, 1.54) is 21.3 Å². The van der Waals surface area contributed by atoms with Crippen LogP contribution in [0.1, 0.15) is 6.42 Å². The van der Waals surface area contributed by atoms with Gasteiger partial charge in [0.25, 0.3) is 0 Å². The van der Waals surface area contributed by atoms with Crippen LogP contribution in [0.3, 0.4) is 0 Å². The van der Waals surface area contributed by atoms with Crippen LogP contribution in [-0.2, 0) is 7.05 Å². The first kappa shape index (κ1) is 24.1. The minimum atomic E-state index is -0.482. The van der Waals surface area contributed by atoms with E-state index in [-0.39, 0.29) is 11.4 Å². The predicted molar refractivity (Wildman–Crippen MR) is 141 cm³/mol. The molecule has 36 heavy (non-hydrogen) atoms. The summed E-state index contributed by atoms with van der Waals surface area (Å²) < 4.78 is 17.7. The molecule has 1 aliphatic heterocycles. The molecule has 0 amide bonds. The average molecular weight is 508 g/mol. The molecule has 9 heteroatoms. The van der Waals surface area contributed by atoms with Crippen LogP contribution < -0.4 is 10.6 Å². The van der Waals surface area contributed by atoms with Crippen molar-refractivity contribution in [3.8, 4) is 33.7 Å². The zero-order valence-corrected chi connectivity index (χ0v) is 21.1. The van der Waals surface area contributed by atoms with Crippen LogP contribution >= 0.6 is 11.6 Å². The molecule has 3 heterocycles. The highest BCUT2D eigenvalue weighted by Gasteiger charge is 2.25. The molecule has 2 aromatic heterocycles. The zero-order valence-electron chi connectivity index (χ0n) is 20.3. The van der Waals surface area contributed by atoms with Gasteiger partial charge >= 0.3 is 5.69 Å². The highest BCUT2D eigenvalue weighted by molar-refractivity contribution is 6.32. The molecule has 1 aliphatic rings. The summed E-state index contributed by atoms with van der Waals surface area (Å²) in [5.74, 6) is 0.258. The van der Waals surface area contributed by atoms with Crippen molar-refractivity contribution in [1.29, 1.82) is 0 Å². The lowest BCUT2D eigenvalue weighted by atomic mass is 9.97. The number of hydrogen-bond donors (Lipinski definition) is 1. The Kier molecular flexibility index (Phi) is 6.32. The number of pyridine rings is 1. The largest absolute Gasteiger partial charge is 0.507 e. The molecule has 0 spiro atoms. The number of imidazole rings is 1. The van der Waals surface area contributed by atoms with Gasteiger partial charge < -0.3 is 19.5 Å². The van der Waals surface area contributed by atoms with E-state index >= 15 is 0 Å². The molecule has 4 aromatic rings. The van der Waals surface area contributed by atoms with Gasteiger partial charge in [0.2, 0.25) is 0 Å². The second kappa shape index (κ2) is 9.44. The van der Waals surface area contributed by atoms with Gasteiger partial charge in [-0.1, -0.05) is 17.7 Å². The molecule has 5 rings (SSSR count). The fraction of sp³-hybridized carbons (Fsp3) is 0.259. The number of benzene rings is 2. The van der Waals surface area contributed by atoms with Gasteiger partial charge in [0.05, 0.1) is 10.7 Å². The Balaban J connectivity index is 1.51. The van der Waals surface area contributed by atoms with Crippen molar-refractivity contribution in [1.82, 2.24) is 19.0 Å². The van der Waals surface area contributed by atoms with Crippen molar-refractivity contribution in [3.63, 3.8) is 0 Å². The van der Waals surface area contributed by atoms with Crippen LogP contribution in [0.5, 0.6) is 5.75 Å². The van der Waals surface area contributed by atoms with Gasteiger partial charge in [-0.3, -0.25) is 4.57 Å². The molecule has 2 aromatic carbocycles. The van der Waals surface area contributed by atoms with Crippen LogP contribution in [0.25, 0.3) is 27.9 Å². The van der Waals surface area contributed by atoms with Gasteiger partial charge in [0.15, 0.2) is 0 Å². The predicted octanol–water partition coefficient (Wildman–Crippen LogP) is 4.54. The van der Waals surface area contributed by atoms with E-state index in [9.17, 15) is 14.3 Å². The number of aromatic hydroxyl groups is 1. The first-order valence-corrected chi connectivity index (χ1v) is 12.1. The molecule has 1 atom stereocenters. The third kappa shape index (κ3) is 4.38. The summed E-state index contributed by atoms with van der Waals surface area (Å²) in [5.41, 5.74) is 2.16. The van der Waals surface area contributed by atoms with Crippen LogP contribution in [0.4, 0.5) is 10.2 Å². The SMILES string of the molecule is CN(C)[C@H]1CCN(c2cc(-c3cc(F)cc(-c4ccc(-n5ccn(C)c5=O)c(Cl)c4)c3O)ccn2)C1. The Hall–Kier alpha value is -3.62. The summed E-state index contributed by atoms with van der Waals surface area (Å²) >= 11 is 6.51. The van der Waals surface area contributed by atoms with Crippen molar-refractivity contribution >= 4 is 17.4 Å². The lowest BCUT2D eigenvalue weighted by molar-refractivity contribution is 0.315. The molecule has 1 saturated heterocycles. The Labute approximate surface area is 213 Å². The number of halogens is 2. The number of hydrogen-bond acceptors (Lipinski definition) is 5. The summed E-state index contributed by atoms with van der Waals surface area (Å²) in [7, 11) is 5.80. The lowest BCUT2D eigenvalue weighted by Crippen LogP contribution is -2.31. The van der Waals surface area contributed by atoms with Crippen molar-refractivity contribution < 1.29 is 9.50 Å². The quantitative estimate of drug-likeness (QED) is 0.429. The van der Waals surface area contributed by atoms with Gasteiger partial charge in [-0.05, 0) is 68.0 Å². The Morgan fingerprint density at radius 3 is 2.42 bits per heavy atom. The van der Waals surface area contributed by atoms with Gasteiger partial charge in [0, 0.05) is 55.9 Å². The standard InChI is InChI=1S/C27H27ClFN5O2/c1-31(2)20-7-9-33(16-20)25-13-18(6-8-30-25)22-15-19(29)14-21(26(22)35)17-4-5-24(23(28)12-17)34-11-10-32(3)27(34)36/h4-6,8,10-15,20,35H,7,9,16H2,1-3H3/t20-/m0/s1. The second-order valence-electron chi connectivity index (χ2n) is 9.33. The number of likely N-dealkylation sites (N-methyl/N-ethyl adjacent to an activating group) is 1. The van der Waals surface area contributed by atoms with E-state index in [0.29, 0.717) is 39.0 Å². The van der Waals surface area contributed by atoms with Crippen molar-refractivity contribution in [2.24, 2.45) is 7.05 Å². The summed E-state index contributed by atoms with van der Waals surface area (Å²) in [5, 5.41) is 11.5. The maximum absolute atomic E-state index is 14.8. The van der Waals surface area contributed by atoms with Crippen LogP contribution in [0, 0.1) is 5.82 Å². The molecule has 186 valence electrons. The van der Waals surface area contributed by atoms with E-state index < -0.39 is 5.82 Å². The van der Waals surface area contributed by atoms with Gasteiger partial charge in [-0.2, -0.15) is 0 Å². The number of rotatable bonds is 5. The summed E-state index contributed by atoms with van der Waals surface area (Å²) in [6.07, 6.45) is 5.99. The van der Waals surface area contributed by atoms with Gasteiger partial charge in [-0.15, -0.1) is 0 Å². The highest BCUT2D eigenvalue weighted by Crippen LogP contribution is 2.41. The number of anilines is 1. The van der Waals surface area contributed by atoms with E-state index in [1.54, 1.807) is 49.9 Å². The maximum atomic E-state index is 14.8. The van der Waals surface area contributed by atoms with Crippen LogP contribution in [0.15, 0.2) is 65.8 Å². The smallest absolute Gasteiger partial charge is 0.332 e. The summed E-state index contributed by atoms with van der Waals surface area (Å²) in [4.78, 5) is 21.2. The minimum absolute atomic E-state index is 0.0539. The Morgan fingerprint density at radius 1 is 1.08 bits per heavy atom. The number of phenolic OH excluding ortho intramolecular Hbond substituents is 1. The molecule has 7 nitrogen and oxygen atoms in total. The Bertz CT molecular complexity index is 1500. The fourth-order valence-corrected chi connectivity index (χ4v) is 4.96. The molecule has 0 saturated carbocycles. The number of phenols is 1.